The van der Waals surface area contributed by atoms with Crippen molar-refractivity contribution in [2.75, 3.05) is 0 Å². The molecule has 16 heavy (non-hydrogen) atoms. The standard InChI is InChI=1S/C15H14S/c16-14-10-12-8-4-5-9-13(12)15(14)11-6-2-1-3-7-11/h1-9,14-16H,10H2. The zero-order valence-electron chi connectivity index (χ0n) is 9.01. The van der Waals surface area contributed by atoms with Gasteiger partial charge in [0, 0.05) is 11.2 Å². The first-order chi connectivity index (χ1) is 7.86. The fraction of sp³-hybridized carbons (Fsp3) is 0.200. The van der Waals surface area contributed by atoms with Crippen molar-refractivity contribution in [3.63, 3.8) is 0 Å². The van der Waals surface area contributed by atoms with Gasteiger partial charge in [-0.25, -0.2) is 0 Å². The van der Waals surface area contributed by atoms with E-state index in [1.54, 1.807) is 0 Å². The molecule has 0 spiro atoms. The maximum absolute atomic E-state index is 4.74. The van der Waals surface area contributed by atoms with E-state index in [-0.39, 0.29) is 0 Å². The Morgan fingerprint density at radius 1 is 0.875 bits per heavy atom. The Kier molecular flexibility index (Phi) is 2.49. The quantitative estimate of drug-likeness (QED) is 0.705. The summed E-state index contributed by atoms with van der Waals surface area (Å²) in [5.41, 5.74) is 4.29. The Morgan fingerprint density at radius 3 is 2.38 bits per heavy atom. The molecule has 2 atom stereocenters. The first-order valence-corrected chi connectivity index (χ1v) is 6.19. The Morgan fingerprint density at radius 2 is 1.56 bits per heavy atom. The van der Waals surface area contributed by atoms with Gasteiger partial charge in [-0.05, 0) is 23.1 Å². The van der Waals surface area contributed by atoms with E-state index in [1.165, 1.54) is 16.7 Å². The minimum absolute atomic E-state index is 0.416. The highest BCUT2D eigenvalue weighted by Gasteiger charge is 2.30. The van der Waals surface area contributed by atoms with Crippen molar-refractivity contribution in [3.8, 4) is 0 Å². The Labute approximate surface area is 102 Å². The molecule has 0 aromatic heterocycles. The van der Waals surface area contributed by atoms with E-state index >= 15 is 0 Å². The third-order valence-corrected chi connectivity index (χ3v) is 3.84. The maximum atomic E-state index is 4.74. The van der Waals surface area contributed by atoms with E-state index in [0.29, 0.717) is 11.2 Å². The molecule has 0 saturated carbocycles. The van der Waals surface area contributed by atoms with Gasteiger partial charge in [0.15, 0.2) is 0 Å². The van der Waals surface area contributed by atoms with Gasteiger partial charge in [-0.15, -0.1) is 0 Å². The van der Waals surface area contributed by atoms with Crippen LogP contribution in [0, 0.1) is 0 Å². The third-order valence-electron chi connectivity index (χ3n) is 3.36. The van der Waals surface area contributed by atoms with Crippen molar-refractivity contribution in [1.82, 2.24) is 0 Å². The molecule has 80 valence electrons. The maximum Gasteiger partial charge on any atom is 0.0212 e. The van der Waals surface area contributed by atoms with E-state index in [0.717, 1.165) is 6.42 Å². The number of hydrogen-bond acceptors (Lipinski definition) is 1. The summed E-state index contributed by atoms with van der Waals surface area (Å²) < 4.78 is 0. The second-order valence-corrected chi connectivity index (χ2v) is 5.02. The lowest BCUT2D eigenvalue weighted by Gasteiger charge is -2.16. The lowest BCUT2D eigenvalue weighted by atomic mass is 9.93. The molecule has 0 heterocycles. The van der Waals surface area contributed by atoms with E-state index < -0.39 is 0 Å². The largest absolute Gasteiger partial charge is 0.175 e. The molecule has 0 saturated heterocycles. The predicted molar refractivity (Wildman–Crippen MR) is 71.2 cm³/mol. The topological polar surface area (TPSA) is 0 Å². The molecule has 0 N–H and O–H groups in total. The van der Waals surface area contributed by atoms with Crippen molar-refractivity contribution in [2.24, 2.45) is 0 Å². The number of benzene rings is 2. The normalized spacial score (nSPS) is 23.1. The fourth-order valence-corrected chi connectivity index (χ4v) is 3.17. The number of fused-ring (bicyclic) bond motifs is 1. The first-order valence-electron chi connectivity index (χ1n) is 5.67. The Balaban J connectivity index is 2.09. The summed E-state index contributed by atoms with van der Waals surface area (Å²) in [4.78, 5) is 0. The van der Waals surface area contributed by atoms with Gasteiger partial charge in [0.25, 0.3) is 0 Å². The van der Waals surface area contributed by atoms with E-state index in [1.807, 2.05) is 0 Å². The van der Waals surface area contributed by atoms with Crippen LogP contribution in [-0.4, -0.2) is 5.25 Å². The molecule has 1 aliphatic rings. The van der Waals surface area contributed by atoms with Crippen LogP contribution in [0.25, 0.3) is 0 Å². The number of rotatable bonds is 1. The van der Waals surface area contributed by atoms with Crippen molar-refractivity contribution < 1.29 is 0 Å². The van der Waals surface area contributed by atoms with Gasteiger partial charge in [0.2, 0.25) is 0 Å². The summed E-state index contributed by atoms with van der Waals surface area (Å²) in [6.45, 7) is 0. The summed E-state index contributed by atoms with van der Waals surface area (Å²) in [6, 6.07) is 19.4. The molecule has 0 amide bonds. The lowest BCUT2D eigenvalue weighted by Crippen LogP contribution is -2.08. The smallest absolute Gasteiger partial charge is 0.0212 e. The van der Waals surface area contributed by atoms with E-state index in [9.17, 15) is 0 Å². The van der Waals surface area contributed by atoms with Crippen LogP contribution in [0.1, 0.15) is 22.6 Å². The molecule has 3 rings (SSSR count). The summed E-state index contributed by atoms with van der Waals surface area (Å²) >= 11 is 4.74. The molecular formula is C15H14S. The van der Waals surface area contributed by atoms with Crippen molar-refractivity contribution in [2.45, 2.75) is 17.6 Å². The van der Waals surface area contributed by atoms with Crippen LogP contribution in [0.4, 0.5) is 0 Å². The SMILES string of the molecule is SC1Cc2ccccc2C1c1ccccc1. The third kappa shape index (κ3) is 1.56. The molecule has 0 aliphatic heterocycles. The van der Waals surface area contributed by atoms with Crippen molar-refractivity contribution >= 4 is 12.6 Å². The number of thiol groups is 1. The minimum atomic E-state index is 0.416. The fourth-order valence-electron chi connectivity index (χ4n) is 2.64. The van der Waals surface area contributed by atoms with Crippen LogP contribution in [0.2, 0.25) is 0 Å². The molecule has 2 aromatic carbocycles. The average Bonchev–Trinajstić information content (AvgIpc) is 2.66. The zero-order chi connectivity index (χ0) is 11.0. The van der Waals surface area contributed by atoms with Crippen molar-refractivity contribution in [3.05, 3.63) is 71.3 Å². The minimum Gasteiger partial charge on any atom is -0.175 e. The van der Waals surface area contributed by atoms with Crippen LogP contribution >= 0.6 is 12.6 Å². The Bertz CT molecular complexity index is 490. The molecule has 0 nitrogen and oxygen atoms in total. The zero-order valence-corrected chi connectivity index (χ0v) is 9.90. The van der Waals surface area contributed by atoms with Gasteiger partial charge in [0.05, 0.1) is 0 Å². The summed E-state index contributed by atoms with van der Waals surface area (Å²) in [6.07, 6.45) is 1.08. The van der Waals surface area contributed by atoms with E-state index in [4.69, 9.17) is 12.6 Å². The van der Waals surface area contributed by atoms with Crippen molar-refractivity contribution in [1.29, 1.82) is 0 Å². The molecule has 0 fully saturated rings. The van der Waals surface area contributed by atoms with E-state index in [2.05, 4.69) is 54.6 Å². The molecule has 1 aliphatic carbocycles. The van der Waals surface area contributed by atoms with Gasteiger partial charge >= 0.3 is 0 Å². The summed E-state index contributed by atoms with van der Waals surface area (Å²) in [5.74, 6) is 0.459. The second kappa shape index (κ2) is 3.99. The lowest BCUT2D eigenvalue weighted by molar-refractivity contribution is 0.814. The molecule has 0 radical (unpaired) electrons. The van der Waals surface area contributed by atoms with Crippen LogP contribution in [0.15, 0.2) is 54.6 Å². The van der Waals surface area contributed by atoms with Gasteiger partial charge in [-0.2, -0.15) is 12.6 Å². The second-order valence-electron chi connectivity index (χ2n) is 4.36. The average molecular weight is 226 g/mol. The first kappa shape index (κ1) is 9.98. The van der Waals surface area contributed by atoms with Crippen LogP contribution in [0.5, 0.6) is 0 Å². The molecule has 1 heteroatoms. The monoisotopic (exact) mass is 226 g/mol. The van der Waals surface area contributed by atoms with Gasteiger partial charge < -0.3 is 0 Å². The predicted octanol–water partition coefficient (Wildman–Crippen LogP) is 3.67. The molecule has 2 unspecified atom stereocenters. The number of hydrogen-bond donors (Lipinski definition) is 1. The summed E-state index contributed by atoms with van der Waals surface area (Å²) in [7, 11) is 0. The Hall–Kier alpha value is -1.21. The van der Waals surface area contributed by atoms with Crippen LogP contribution < -0.4 is 0 Å². The van der Waals surface area contributed by atoms with Crippen LogP contribution in [-0.2, 0) is 6.42 Å². The van der Waals surface area contributed by atoms with Gasteiger partial charge in [0.1, 0.15) is 0 Å². The highest BCUT2D eigenvalue weighted by Crippen LogP contribution is 2.40. The van der Waals surface area contributed by atoms with Gasteiger partial charge in [-0.3, -0.25) is 0 Å². The highest BCUT2D eigenvalue weighted by molar-refractivity contribution is 7.81. The summed E-state index contributed by atoms with van der Waals surface area (Å²) in [5, 5.41) is 0.416. The molecule has 0 bridgehead atoms. The van der Waals surface area contributed by atoms with Gasteiger partial charge in [-0.1, -0.05) is 54.6 Å². The molecular weight excluding hydrogens is 212 g/mol. The highest BCUT2D eigenvalue weighted by atomic mass is 32.1. The molecule has 2 aromatic rings. The van der Waals surface area contributed by atoms with Crippen LogP contribution in [0.3, 0.4) is 0 Å².